The molecule has 0 atom stereocenters. The quantitative estimate of drug-likeness (QED) is 0.295. The van der Waals surface area contributed by atoms with Gasteiger partial charge in [0.2, 0.25) is 0 Å². The van der Waals surface area contributed by atoms with Crippen LogP contribution in [0.1, 0.15) is 61.1 Å². The summed E-state index contributed by atoms with van der Waals surface area (Å²) in [4.78, 5) is 0. The van der Waals surface area contributed by atoms with Gasteiger partial charge < -0.3 is 4.74 Å². The highest BCUT2D eigenvalue weighted by Gasteiger charge is 2.22. The third kappa shape index (κ3) is 5.98. The Bertz CT molecular complexity index is 1070. The van der Waals surface area contributed by atoms with E-state index in [1.54, 1.807) is 12.1 Å². The van der Waals surface area contributed by atoms with Gasteiger partial charge in [0.15, 0.2) is 0 Å². The third-order valence-corrected chi connectivity index (χ3v) is 6.99. The van der Waals surface area contributed by atoms with Gasteiger partial charge in [-0.05, 0) is 97.4 Å². The van der Waals surface area contributed by atoms with Gasteiger partial charge >= 0.3 is 6.61 Å². The lowest BCUT2D eigenvalue weighted by molar-refractivity contribution is -0.0498. The van der Waals surface area contributed by atoms with E-state index >= 15 is 4.39 Å². The first kappa shape index (κ1) is 23.4. The molecule has 0 amide bonds. The summed E-state index contributed by atoms with van der Waals surface area (Å²) in [5, 5.41) is 1.62. The number of allylic oxidation sites excluding steroid dienone is 1. The lowest BCUT2D eigenvalue weighted by Crippen LogP contribution is -2.13. The van der Waals surface area contributed by atoms with E-state index in [2.05, 4.69) is 23.4 Å². The van der Waals surface area contributed by atoms with Gasteiger partial charge in [-0.3, -0.25) is 0 Å². The van der Waals surface area contributed by atoms with Gasteiger partial charge in [-0.1, -0.05) is 48.5 Å². The van der Waals surface area contributed by atoms with Crippen LogP contribution in [0.25, 0.3) is 10.8 Å². The van der Waals surface area contributed by atoms with E-state index in [9.17, 15) is 8.78 Å². The number of ether oxygens (including phenoxy) is 1. The fourth-order valence-corrected chi connectivity index (χ4v) is 5.06. The molecule has 1 aliphatic rings. The Morgan fingerprint density at radius 1 is 0.939 bits per heavy atom. The van der Waals surface area contributed by atoms with Crippen molar-refractivity contribution in [3.8, 4) is 5.75 Å². The zero-order valence-electron chi connectivity index (χ0n) is 18.9. The van der Waals surface area contributed by atoms with E-state index in [4.69, 9.17) is 0 Å². The first-order chi connectivity index (χ1) is 16.0. The second-order valence-electron chi connectivity index (χ2n) is 9.13. The molecule has 0 saturated heterocycles. The maximum atomic E-state index is 15.2. The van der Waals surface area contributed by atoms with E-state index < -0.39 is 6.61 Å². The summed E-state index contributed by atoms with van der Waals surface area (Å²) < 4.78 is 44.2. The minimum Gasteiger partial charge on any atom is -0.435 e. The Balaban J connectivity index is 1.40. The third-order valence-electron chi connectivity index (χ3n) is 6.99. The number of halogens is 3. The van der Waals surface area contributed by atoms with Gasteiger partial charge in [0.25, 0.3) is 0 Å². The summed E-state index contributed by atoms with van der Waals surface area (Å²) in [6, 6.07) is 16.6. The van der Waals surface area contributed by atoms with Crippen molar-refractivity contribution < 1.29 is 17.9 Å². The predicted molar refractivity (Wildman–Crippen MR) is 129 cm³/mol. The van der Waals surface area contributed by atoms with Crippen LogP contribution in [0.2, 0.25) is 0 Å². The Morgan fingerprint density at radius 3 is 2.39 bits per heavy atom. The van der Waals surface area contributed by atoms with Crippen molar-refractivity contribution in [2.24, 2.45) is 5.92 Å². The average molecular weight is 453 g/mol. The molecule has 1 saturated carbocycles. The van der Waals surface area contributed by atoms with Crippen molar-refractivity contribution in [1.82, 2.24) is 0 Å². The van der Waals surface area contributed by atoms with Gasteiger partial charge in [0, 0.05) is 5.39 Å². The van der Waals surface area contributed by atoms with Crippen LogP contribution in [0.4, 0.5) is 13.2 Å². The Hall–Kier alpha value is -2.75. The molecule has 0 aromatic heterocycles. The summed E-state index contributed by atoms with van der Waals surface area (Å²) in [6.45, 7) is 0.997. The van der Waals surface area contributed by atoms with E-state index in [0.717, 1.165) is 23.3 Å². The van der Waals surface area contributed by atoms with Crippen molar-refractivity contribution in [3.63, 3.8) is 0 Å². The fraction of sp³-hybridized carbons (Fsp3) is 0.379. The van der Waals surface area contributed by atoms with Crippen molar-refractivity contribution >= 4 is 10.8 Å². The van der Waals surface area contributed by atoms with E-state index in [0.29, 0.717) is 29.7 Å². The molecule has 3 aromatic rings. The van der Waals surface area contributed by atoms with Crippen LogP contribution < -0.4 is 4.74 Å². The molecule has 0 radical (unpaired) electrons. The van der Waals surface area contributed by atoms with Gasteiger partial charge in [-0.2, -0.15) is 8.78 Å². The first-order valence-electron chi connectivity index (χ1n) is 11.9. The lowest BCUT2D eigenvalue weighted by atomic mass is 9.77. The SMILES string of the molecule is C=CCCC1CCC(c2ccc3c(F)c(CCc4ccc(OC(F)F)cc4)ccc3c2)CC1. The molecule has 1 aliphatic carbocycles. The summed E-state index contributed by atoms with van der Waals surface area (Å²) in [6.07, 6.45) is 10.5. The summed E-state index contributed by atoms with van der Waals surface area (Å²) in [5.41, 5.74) is 2.95. The largest absolute Gasteiger partial charge is 0.435 e. The van der Waals surface area contributed by atoms with Crippen molar-refractivity contribution in [3.05, 3.63) is 89.8 Å². The van der Waals surface area contributed by atoms with Crippen LogP contribution in [0.3, 0.4) is 0 Å². The molecule has 174 valence electrons. The molecule has 0 unspecified atom stereocenters. The minimum absolute atomic E-state index is 0.131. The molecule has 33 heavy (non-hydrogen) atoms. The second-order valence-corrected chi connectivity index (χ2v) is 9.13. The molecule has 4 rings (SSSR count). The number of fused-ring (bicyclic) bond motifs is 1. The Kier molecular flexibility index (Phi) is 7.74. The standard InChI is InChI=1S/C29H31F3O/c1-2-3-4-20-5-10-22(11-6-20)24-15-18-27-25(19-24)14-13-23(28(27)30)12-7-21-8-16-26(17-9-21)33-29(31)32/h2,8-9,13-20,22,29H,1,3-7,10-12H2. The highest BCUT2D eigenvalue weighted by molar-refractivity contribution is 5.84. The first-order valence-corrected chi connectivity index (χ1v) is 11.9. The molecule has 1 fully saturated rings. The van der Waals surface area contributed by atoms with E-state index in [1.165, 1.54) is 49.8 Å². The Morgan fingerprint density at radius 2 is 1.70 bits per heavy atom. The maximum Gasteiger partial charge on any atom is 0.387 e. The topological polar surface area (TPSA) is 9.23 Å². The second kappa shape index (κ2) is 10.9. The van der Waals surface area contributed by atoms with Crippen molar-refractivity contribution in [2.45, 2.75) is 63.9 Å². The number of hydrogen-bond donors (Lipinski definition) is 0. The zero-order chi connectivity index (χ0) is 23.2. The van der Waals surface area contributed by atoms with Gasteiger partial charge in [0.1, 0.15) is 11.6 Å². The zero-order valence-corrected chi connectivity index (χ0v) is 18.9. The summed E-state index contributed by atoms with van der Waals surface area (Å²) in [7, 11) is 0. The van der Waals surface area contributed by atoms with Crippen molar-refractivity contribution in [2.75, 3.05) is 0 Å². The average Bonchev–Trinajstić information content (AvgIpc) is 2.83. The van der Waals surface area contributed by atoms with Gasteiger partial charge in [0.05, 0.1) is 0 Å². The van der Waals surface area contributed by atoms with E-state index in [1.807, 2.05) is 24.3 Å². The highest BCUT2D eigenvalue weighted by Crippen LogP contribution is 2.38. The fourth-order valence-electron chi connectivity index (χ4n) is 5.06. The molecule has 0 heterocycles. The van der Waals surface area contributed by atoms with Crippen LogP contribution in [0.5, 0.6) is 5.75 Å². The Labute approximate surface area is 194 Å². The summed E-state index contributed by atoms with van der Waals surface area (Å²) in [5.74, 6) is 1.35. The van der Waals surface area contributed by atoms with Crippen LogP contribution in [-0.2, 0) is 12.8 Å². The molecule has 1 nitrogen and oxygen atoms in total. The number of rotatable bonds is 9. The number of aryl methyl sites for hydroxylation is 2. The van der Waals surface area contributed by atoms with Gasteiger partial charge in [-0.15, -0.1) is 6.58 Å². The summed E-state index contributed by atoms with van der Waals surface area (Å²) >= 11 is 0. The predicted octanol–water partition coefficient (Wildman–Crippen LogP) is 8.61. The highest BCUT2D eigenvalue weighted by atomic mass is 19.3. The molecule has 0 aliphatic heterocycles. The lowest BCUT2D eigenvalue weighted by Gasteiger charge is -2.28. The molecule has 4 heteroatoms. The van der Waals surface area contributed by atoms with Gasteiger partial charge in [-0.25, -0.2) is 4.39 Å². The smallest absolute Gasteiger partial charge is 0.387 e. The van der Waals surface area contributed by atoms with Crippen molar-refractivity contribution in [1.29, 1.82) is 0 Å². The molecule has 0 bridgehead atoms. The van der Waals surface area contributed by atoms with Crippen LogP contribution in [-0.4, -0.2) is 6.61 Å². The molecule has 0 spiro atoms. The monoisotopic (exact) mass is 452 g/mol. The number of alkyl halides is 2. The molecule has 0 N–H and O–H groups in total. The minimum atomic E-state index is -2.83. The van der Waals surface area contributed by atoms with Crippen LogP contribution in [0, 0.1) is 11.7 Å². The number of benzene rings is 3. The normalized spacial score (nSPS) is 18.5. The molecular formula is C29H31F3O. The van der Waals surface area contributed by atoms with Crippen LogP contribution >= 0.6 is 0 Å². The molecular weight excluding hydrogens is 421 g/mol. The van der Waals surface area contributed by atoms with Crippen LogP contribution in [0.15, 0.2) is 67.3 Å². The van der Waals surface area contributed by atoms with E-state index in [-0.39, 0.29) is 11.6 Å². The molecule has 3 aromatic carbocycles. The number of hydrogen-bond acceptors (Lipinski definition) is 1. The maximum absolute atomic E-state index is 15.2.